The summed E-state index contributed by atoms with van der Waals surface area (Å²) < 4.78 is 8.17. The summed E-state index contributed by atoms with van der Waals surface area (Å²) in [4.78, 5) is 4.53. The normalized spacial score (nSPS) is 11.2. The molecule has 0 spiro atoms. The molecule has 4 aromatic rings. The molecule has 0 N–H and O–H groups in total. The van der Waals surface area contributed by atoms with Gasteiger partial charge >= 0.3 is 127 Å². The summed E-state index contributed by atoms with van der Waals surface area (Å²) in [6.45, 7) is 0. The van der Waals surface area contributed by atoms with Gasteiger partial charge in [-0.1, -0.05) is 0 Å². The van der Waals surface area contributed by atoms with Gasteiger partial charge in [-0.25, -0.2) is 0 Å². The van der Waals surface area contributed by atoms with Crippen molar-refractivity contribution in [3.8, 4) is 20.0 Å². The van der Waals surface area contributed by atoms with Gasteiger partial charge < -0.3 is 0 Å². The first-order valence-electron chi connectivity index (χ1n) is 5.76. The van der Waals surface area contributed by atoms with Crippen molar-refractivity contribution in [3.63, 3.8) is 0 Å². The maximum absolute atomic E-state index is 4.36. The van der Waals surface area contributed by atoms with E-state index in [4.69, 9.17) is 0 Å². The summed E-state index contributed by atoms with van der Waals surface area (Å²) in [7, 11) is 0. The molecular weight excluding hydrogens is 386 g/mol. The van der Waals surface area contributed by atoms with Gasteiger partial charge in [0.15, 0.2) is 0 Å². The quantitative estimate of drug-likeness (QED) is 0.489. The maximum atomic E-state index is 4.36. The number of hydrogen-bond acceptors (Lipinski definition) is 3. The third kappa shape index (κ3) is 1.99. The average Bonchev–Trinajstić information content (AvgIpc) is 3.18. The first kappa shape index (κ1) is 11.8. The van der Waals surface area contributed by atoms with E-state index in [1.54, 1.807) is 0 Å². The Kier molecular flexibility index (Phi) is 3.02. The van der Waals surface area contributed by atoms with Gasteiger partial charge in [-0.2, -0.15) is 0 Å². The van der Waals surface area contributed by atoms with Crippen molar-refractivity contribution in [3.05, 3.63) is 46.3 Å². The number of rotatable bonds is 2. The molecule has 0 aliphatic carbocycles. The molecule has 0 radical (unpaired) electrons. The van der Waals surface area contributed by atoms with Crippen LogP contribution in [0.4, 0.5) is 0 Å². The molecule has 0 saturated carbocycles. The molecule has 0 saturated heterocycles. The fourth-order valence-corrected chi connectivity index (χ4v) is 5.96. The standard InChI is InChI=1S/C14H8N2SSe2/c1-3-11(18-7-1)9-5-6-10-14(15-16-17-10)13(9)12-4-2-8-19-12/h1-8H. The molecule has 0 aliphatic heterocycles. The second kappa shape index (κ2) is 4.86. The monoisotopic (exact) mass is 396 g/mol. The van der Waals surface area contributed by atoms with Crippen molar-refractivity contribution < 1.29 is 0 Å². The third-order valence-electron chi connectivity index (χ3n) is 2.98. The van der Waals surface area contributed by atoms with Crippen molar-refractivity contribution in [1.29, 1.82) is 0 Å². The Labute approximate surface area is 126 Å². The van der Waals surface area contributed by atoms with Crippen LogP contribution >= 0.6 is 11.5 Å². The van der Waals surface area contributed by atoms with Gasteiger partial charge in [0.25, 0.3) is 0 Å². The van der Waals surface area contributed by atoms with Crippen LogP contribution in [0.3, 0.4) is 0 Å². The van der Waals surface area contributed by atoms with E-state index in [0.29, 0.717) is 29.0 Å². The molecule has 3 heterocycles. The summed E-state index contributed by atoms with van der Waals surface area (Å²) in [5, 5.41) is 4.36. The van der Waals surface area contributed by atoms with E-state index in [1.165, 1.54) is 36.2 Å². The van der Waals surface area contributed by atoms with Crippen LogP contribution in [0.15, 0.2) is 46.3 Å². The Morgan fingerprint density at radius 3 is 2.42 bits per heavy atom. The minimum absolute atomic E-state index is 0.423. The molecule has 3 aromatic heterocycles. The van der Waals surface area contributed by atoms with E-state index in [-0.39, 0.29) is 0 Å². The van der Waals surface area contributed by atoms with Crippen molar-refractivity contribution in [2.75, 3.05) is 0 Å². The van der Waals surface area contributed by atoms with Crippen molar-refractivity contribution >= 4 is 50.8 Å². The summed E-state index contributed by atoms with van der Waals surface area (Å²) in [5.41, 5.74) is 3.73. The molecule has 0 atom stereocenters. The summed E-state index contributed by atoms with van der Waals surface area (Å²) in [6.07, 6.45) is 0. The first-order valence-corrected chi connectivity index (χ1v) is 10.2. The first-order chi connectivity index (χ1) is 9.43. The summed E-state index contributed by atoms with van der Waals surface area (Å²) in [5.74, 6) is 0. The van der Waals surface area contributed by atoms with Crippen LogP contribution in [0.1, 0.15) is 0 Å². The fraction of sp³-hybridized carbons (Fsp3) is 0. The van der Waals surface area contributed by atoms with Crippen molar-refractivity contribution in [2.24, 2.45) is 0 Å². The Morgan fingerprint density at radius 2 is 1.68 bits per heavy atom. The van der Waals surface area contributed by atoms with Crippen LogP contribution in [-0.2, 0) is 0 Å². The van der Waals surface area contributed by atoms with Crippen LogP contribution in [0.5, 0.6) is 0 Å². The Bertz CT molecular complexity index is 817. The molecule has 0 amide bonds. The molecule has 0 unspecified atom stereocenters. The Balaban J connectivity index is 2.11. The molecule has 19 heavy (non-hydrogen) atoms. The zero-order valence-corrected chi connectivity index (χ0v) is 14.0. The molecule has 0 aliphatic rings. The zero-order valence-electron chi connectivity index (χ0n) is 9.74. The molecule has 4 rings (SSSR count). The van der Waals surface area contributed by atoms with E-state index >= 15 is 0 Å². The predicted molar refractivity (Wildman–Crippen MR) is 82.2 cm³/mol. The predicted octanol–water partition coefficient (Wildman–Crippen LogP) is 3.14. The van der Waals surface area contributed by atoms with Gasteiger partial charge in [0.2, 0.25) is 0 Å². The van der Waals surface area contributed by atoms with Gasteiger partial charge in [0.1, 0.15) is 0 Å². The molecule has 1 aromatic carbocycles. The Morgan fingerprint density at radius 1 is 0.895 bits per heavy atom. The van der Waals surface area contributed by atoms with Crippen LogP contribution in [0, 0.1) is 0 Å². The molecular formula is C14H8N2SSe2. The topological polar surface area (TPSA) is 25.8 Å². The summed E-state index contributed by atoms with van der Waals surface area (Å²) >= 11 is 2.35. The molecule has 2 nitrogen and oxygen atoms in total. The third-order valence-corrected chi connectivity index (χ3v) is 7.42. The van der Waals surface area contributed by atoms with E-state index in [0.717, 1.165) is 5.52 Å². The van der Waals surface area contributed by atoms with Crippen LogP contribution in [0.2, 0.25) is 0 Å². The number of aromatic nitrogens is 2. The van der Waals surface area contributed by atoms with Crippen molar-refractivity contribution in [1.82, 2.24) is 9.59 Å². The minimum atomic E-state index is 0.423. The molecule has 0 bridgehead atoms. The van der Waals surface area contributed by atoms with E-state index in [2.05, 4.69) is 55.9 Å². The number of hydrogen-bond donors (Lipinski definition) is 0. The van der Waals surface area contributed by atoms with Crippen LogP contribution in [0.25, 0.3) is 30.2 Å². The van der Waals surface area contributed by atoms with Crippen molar-refractivity contribution in [2.45, 2.75) is 0 Å². The van der Waals surface area contributed by atoms with E-state index < -0.39 is 0 Å². The van der Waals surface area contributed by atoms with Gasteiger partial charge in [0, 0.05) is 0 Å². The Hall–Kier alpha value is -0.961. The zero-order chi connectivity index (χ0) is 12.7. The number of fused-ring (bicyclic) bond motifs is 1. The number of nitrogens with zero attached hydrogens (tertiary/aromatic N) is 2. The van der Waals surface area contributed by atoms with Gasteiger partial charge in [-0.05, 0) is 0 Å². The fourth-order valence-electron chi connectivity index (χ4n) is 2.16. The SMILES string of the molecule is c1c[se]c(-c2ccc3snnc3c2-c2ccc[se]2)c1. The van der Waals surface area contributed by atoms with Gasteiger partial charge in [0.05, 0.1) is 0 Å². The summed E-state index contributed by atoms with van der Waals surface area (Å²) in [6, 6.07) is 13.2. The second-order valence-corrected chi connectivity index (χ2v) is 8.82. The molecule has 0 fully saturated rings. The molecule has 92 valence electrons. The van der Waals surface area contributed by atoms with Gasteiger partial charge in [-0.3, -0.25) is 0 Å². The van der Waals surface area contributed by atoms with E-state index in [9.17, 15) is 0 Å². The van der Waals surface area contributed by atoms with Crippen LogP contribution in [-0.4, -0.2) is 38.6 Å². The van der Waals surface area contributed by atoms with Gasteiger partial charge in [-0.15, -0.1) is 0 Å². The average molecular weight is 394 g/mol. The van der Waals surface area contributed by atoms with Crippen LogP contribution < -0.4 is 0 Å². The molecule has 5 heteroatoms. The van der Waals surface area contributed by atoms with E-state index in [1.807, 2.05) is 0 Å². The second-order valence-electron chi connectivity index (χ2n) is 4.06. The number of benzene rings is 1.